The van der Waals surface area contributed by atoms with Crippen LogP contribution in [0.4, 0.5) is 0 Å². The lowest BCUT2D eigenvalue weighted by Crippen LogP contribution is -2.32. The van der Waals surface area contributed by atoms with Gasteiger partial charge >= 0.3 is 5.97 Å². The van der Waals surface area contributed by atoms with Crippen LogP contribution in [-0.4, -0.2) is 25.5 Å². The highest BCUT2D eigenvalue weighted by Gasteiger charge is 2.24. The van der Waals surface area contributed by atoms with Crippen LogP contribution < -0.4 is 10.5 Å². The van der Waals surface area contributed by atoms with Crippen molar-refractivity contribution in [3.63, 3.8) is 0 Å². The number of benzene rings is 2. The quantitative estimate of drug-likeness (QED) is 0.720. The standard InChI is InChI=1S/C19H22N2O4S/c20-12-13-5-7-14(8-6-13)15-9-16(19(22)23)11-18(10-15)26(24,25)21-17-3-1-2-4-17/h5-11,17,21H,1-4,12,20H2,(H,22,23). The van der Waals surface area contributed by atoms with Crippen LogP contribution in [0.2, 0.25) is 0 Å². The van der Waals surface area contributed by atoms with E-state index in [9.17, 15) is 18.3 Å². The summed E-state index contributed by atoms with van der Waals surface area (Å²) in [6.45, 7) is 0.403. The number of carboxylic acid groups (broad SMARTS) is 1. The van der Waals surface area contributed by atoms with Gasteiger partial charge in [0.25, 0.3) is 0 Å². The van der Waals surface area contributed by atoms with Crippen molar-refractivity contribution < 1.29 is 18.3 Å². The van der Waals surface area contributed by atoms with E-state index < -0.39 is 16.0 Å². The third kappa shape index (κ3) is 4.12. The van der Waals surface area contributed by atoms with Crippen LogP contribution in [-0.2, 0) is 16.6 Å². The fourth-order valence-corrected chi connectivity index (χ4v) is 4.58. The number of carboxylic acids is 1. The average Bonchev–Trinajstić information content (AvgIpc) is 3.13. The topological polar surface area (TPSA) is 109 Å². The van der Waals surface area contributed by atoms with Crippen molar-refractivity contribution in [2.75, 3.05) is 0 Å². The Bertz CT molecular complexity index is 902. The monoisotopic (exact) mass is 374 g/mol. The van der Waals surface area contributed by atoms with Crippen LogP contribution in [0.15, 0.2) is 47.4 Å². The van der Waals surface area contributed by atoms with Crippen LogP contribution in [0.25, 0.3) is 11.1 Å². The van der Waals surface area contributed by atoms with E-state index >= 15 is 0 Å². The number of sulfonamides is 1. The fraction of sp³-hybridized carbons (Fsp3) is 0.316. The van der Waals surface area contributed by atoms with E-state index in [0.29, 0.717) is 12.1 Å². The molecule has 0 aliphatic heterocycles. The zero-order chi connectivity index (χ0) is 18.7. The second kappa shape index (κ2) is 7.57. The molecule has 7 heteroatoms. The maximum absolute atomic E-state index is 12.7. The van der Waals surface area contributed by atoms with Gasteiger partial charge in [-0.1, -0.05) is 37.1 Å². The highest BCUT2D eigenvalue weighted by molar-refractivity contribution is 7.89. The van der Waals surface area contributed by atoms with E-state index in [2.05, 4.69) is 4.72 Å². The zero-order valence-electron chi connectivity index (χ0n) is 14.3. The van der Waals surface area contributed by atoms with Gasteiger partial charge in [0, 0.05) is 12.6 Å². The number of rotatable bonds is 6. The molecule has 26 heavy (non-hydrogen) atoms. The normalized spacial score (nSPS) is 15.3. The minimum atomic E-state index is -3.78. The molecule has 1 fully saturated rings. The molecule has 0 saturated heterocycles. The first-order valence-corrected chi connectivity index (χ1v) is 10.1. The van der Waals surface area contributed by atoms with Gasteiger partial charge < -0.3 is 10.8 Å². The molecule has 2 aromatic rings. The summed E-state index contributed by atoms with van der Waals surface area (Å²) in [4.78, 5) is 11.5. The molecule has 0 radical (unpaired) electrons. The number of nitrogens with one attached hydrogen (secondary N) is 1. The molecule has 138 valence electrons. The molecule has 1 aliphatic carbocycles. The highest BCUT2D eigenvalue weighted by atomic mass is 32.2. The van der Waals surface area contributed by atoms with E-state index in [4.69, 9.17) is 5.73 Å². The fourth-order valence-electron chi connectivity index (χ4n) is 3.21. The Morgan fingerprint density at radius 1 is 1.08 bits per heavy atom. The lowest BCUT2D eigenvalue weighted by molar-refractivity contribution is 0.0696. The summed E-state index contributed by atoms with van der Waals surface area (Å²) < 4.78 is 28.2. The third-order valence-electron chi connectivity index (χ3n) is 4.66. The van der Waals surface area contributed by atoms with Crippen molar-refractivity contribution in [3.05, 3.63) is 53.6 Å². The number of hydrogen-bond donors (Lipinski definition) is 3. The van der Waals surface area contributed by atoms with Crippen molar-refractivity contribution in [1.82, 2.24) is 4.72 Å². The molecule has 0 bridgehead atoms. The highest BCUT2D eigenvalue weighted by Crippen LogP contribution is 2.27. The number of aromatic carboxylic acids is 1. The Labute approximate surface area is 153 Å². The van der Waals surface area contributed by atoms with Crippen LogP contribution in [0.3, 0.4) is 0 Å². The number of carbonyl (C=O) groups is 1. The summed E-state index contributed by atoms with van der Waals surface area (Å²) in [6.07, 6.45) is 3.62. The molecule has 0 heterocycles. The minimum Gasteiger partial charge on any atom is -0.478 e. The maximum Gasteiger partial charge on any atom is 0.335 e. The first-order valence-electron chi connectivity index (χ1n) is 8.59. The molecule has 0 atom stereocenters. The third-order valence-corrected chi connectivity index (χ3v) is 6.16. The van der Waals surface area contributed by atoms with Gasteiger partial charge in [-0.2, -0.15) is 0 Å². The smallest absolute Gasteiger partial charge is 0.335 e. The van der Waals surface area contributed by atoms with Crippen molar-refractivity contribution in [3.8, 4) is 11.1 Å². The second-order valence-electron chi connectivity index (χ2n) is 6.55. The van der Waals surface area contributed by atoms with Crippen molar-refractivity contribution in [1.29, 1.82) is 0 Å². The zero-order valence-corrected chi connectivity index (χ0v) is 15.1. The molecular formula is C19H22N2O4S. The summed E-state index contributed by atoms with van der Waals surface area (Å²) >= 11 is 0. The minimum absolute atomic E-state index is 0.0257. The van der Waals surface area contributed by atoms with Gasteiger partial charge in [-0.05, 0) is 47.7 Å². The molecule has 0 unspecified atom stereocenters. The van der Waals surface area contributed by atoms with Crippen molar-refractivity contribution in [2.24, 2.45) is 5.73 Å². The van der Waals surface area contributed by atoms with Crippen LogP contribution >= 0.6 is 0 Å². The van der Waals surface area contributed by atoms with E-state index in [1.807, 2.05) is 24.3 Å². The Kier molecular flexibility index (Phi) is 5.41. The summed E-state index contributed by atoms with van der Waals surface area (Å²) in [5, 5.41) is 9.38. The summed E-state index contributed by atoms with van der Waals surface area (Å²) in [5.74, 6) is -1.16. The van der Waals surface area contributed by atoms with Gasteiger partial charge in [-0.3, -0.25) is 0 Å². The Hall–Kier alpha value is -2.22. The molecule has 0 amide bonds. The lowest BCUT2D eigenvalue weighted by atomic mass is 10.0. The predicted molar refractivity (Wildman–Crippen MR) is 99.3 cm³/mol. The van der Waals surface area contributed by atoms with E-state index in [0.717, 1.165) is 36.8 Å². The van der Waals surface area contributed by atoms with Gasteiger partial charge in [-0.15, -0.1) is 0 Å². The molecule has 1 aliphatic rings. The second-order valence-corrected chi connectivity index (χ2v) is 8.27. The number of hydrogen-bond acceptors (Lipinski definition) is 4. The van der Waals surface area contributed by atoms with Crippen molar-refractivity contribution in [2.45, 2.75) is 43.2 Å². The Morgan fingerprint density at radius 3 is 2.31 bits per heavy atom. The van der Waals surface area contributed by atoms with E-state index in [1.165, 1.54) is 18.2 Å². The predicted octanol–water partition coefficient (Wildman–Crippen LogP) is 2.73. The first-order chi connectivity index (χ1) is 12.4. The van der Waals surface area contributed by atoms with E-state index in [-0.39, 0.29) is 16.5 Å². The van der Waals surface area contributed by atoms with Gasteiger partial charge in [-0.25, -0.2) is 17.9 Å². The molecule has 4 N–H and O–H groups in total. The van der Waals surface area contributed by atoms with E-state index in [1.54, 1.807) is 0 Å². The molecule has 0 spiro atoms. The van der Waals surface area contributed by atoms with Crippen LogP contribution in [0.1, 0.15) is 41.6 Å². The summed E-state index contributed by atoms with van der Waals surface area (Å²) in [5.41, 5.74) is 7.76. The van der Waals surface area contributed by atoms with Crippen LogP contribution in [0, 0.1) is 0 Å². The van der Waals surface area contributed by atoms with Gasteiger partial charge in [0.15, 0.2) is 0 Å². The average molecular weight is 374 g/mol. The lowest BCUT2D eigenvalue weighted by Gasteiger charge is -2.14. The number of nitrogens with two attached hydrogens (primary N) is 1. The molecule has 3 rings (SSSR count). The SMILES string of the molecule is NCc1ccc(-c2cc(C(=O)O)cc(S(=O)(=O)NC3CCCC3)c2)cc1. The van der Waals surface area contributed by atoms with Crippen LogP contribution in [0.5, 0.6) is 0 Å². The molecule has 6 nitrogen and oxygen atoms in total. The van der Waals surface area contributed by atoms with Crippen molar-refractivity contribution >= 4 is 16.0 Å². The maximum atomic E-state index is 12.7. The largest absolute Gasteiger partial charge is 0.478 e. The summed E-state index contributed by atoms with van der Waals surface area (Å²) in [7, 11) is -3.78. The molecule has 1 saturated carbocycles. The van der Waals surface area contributed by atoms with Gasteiger partial charge in [0.05, 0.1) is 10.5 Å². The molecule has 2 aromatic carbocycles. The first kappa shape index (κ1) is 18.6. The van der Waals surface area contributed by atoms with Gasteiger partial charge in [0.2, 0.25) is 10.0 Å². The Balaban J connectivity index is 2.01. The summed E-state index contributed by atoms with van der Waals surface area (Å²) in [6, 6.07) is 11.4. The molecular weight excluding hydrogens is 352 g/mol. The van der Waals surface area contributed by atoms with Gasteiger partial charge in [0.1, 0.15) is 0 Å². The molecule has 0 aromatic heterocycles. The Morgan fingerprint density at radius 2 is 1.73 bits per heavy atom.